The minimum Gasteiger partial charge on any atom is -0.309 e. The third-order valence-electron chi connectivity index (χ3n) is 2.37. The average Bonchev–Trinajstić information content (AvgIpc) is 2.24. The van der Waals surface area contributed by atoms with E-state index in [4.69, 9.17) is 39.9 Å². The first-order chi connectivity index (χ1) is 8.22. The van der Waals surface area contributed by atoms with E-state index in [1.807, 2.05) is 6.92 Å². The lowest BCUT2D eigenvalue weighted by Crippen LogP contribution is -2.29. The van der Waals surface area contributed by atoms with Crippen molar-refractivity contribution < 1.29 is 8.42 Å². The number of hydrogen-bond acceptors (Lipinski definition) is 3. The van der Waals surface area contributed by atoms with E-state index >= 15 is 0 Å². The van der Waals surface area contributed by atoms with Crippen LogP contribution in [0.2, 0.25) is 15.1 Å². The van der Waals surface area contributed by atoms with E-state index in [1.165, 1.54) is 0 Å². The highest BCUT2D eigenvalue weighted by atomic mass is 35.5. The van der Waals surface area contributed by atoms with E-state index in [-0.39, 0.29) is 23.4 Å². The van der Waals surface area contributed by atoms with Crippen LogP contribution < -0.4 is 10.5 Å². The Morgan fingerprint density at radius 1 is 1.28 bits per heavy atom. The third kappa shape index (κ3) is 4.57. The van der Waals surface area contributed by atoms with Crippen LogP contribution in [0.25, 0.3) is 0 Å². The highest BCUT2D eigenvalue weighted by molar-refractivity contribution is 7.89. The smallest absolute Gasteiger partial charge is 0.210 e. The van der Waals surface area contributed by atoms with Gasteiger partial charge in [0.15, 0.2) is 0 Å². The number of primary sulfonamides is 1. The molecule has 102 valence electrons. The fourth-order valence-electron chi connectivity index (χ4n) is 1.40. The first-order valence-electron chi connectivity index (χ1n) is 5.09. The molecule has 1 atom stereocenters. The van der Waals surface area contributed by atoms with E-state index in [2.05, 4.69) is 5.32 Å². The molecule has 0 heterocycles. The van der Waals surface area contributed by atoms with Crippen LogP contribution in [0.3, 0.4) is 0 Å². The Morgan fingerprint density at radius 2 is 1.89 bits per heavy atom. The largest absolute Gasteiger partial charge is 0.309 e. The second-order valence-electron chi connectivity index (χ2n) is 3.81. The zero-order valence-corrected chi connectivity index (χ0v) is 12.7. The second-order valence-corrected chi connectivity index (χ2v) is 6.70. The molecule has 1 rings (SSSR count). The van der Waals surface area contributed by atoms with E-state index in [0.717, 1.165) is 5.56 Å². The van der Waals surface area contributed by atoms with Crippen molar-refractivity contribution in [3.63, 3.8) is 0 Å². The van der Waals surface area contributed by atoms with Gasteiger partial charge in [-0.05, 0) is 18.6 Å². The summed E-state index contributed by atoms with van der Waals surface area (Å²) in [6, 6.07) is 3.22. The average molecular weight is 332 g/mol. The van der Waals surface area contributed by atoms with E-state index < -0.39 is 10.0 Å². The van der Waals surface area contributed by atoms with Crippen molar-refractivity contribution in [3.05, 3.63) is 32.8 Å². The summed E-state index contributed by atoms with van der Waals surface area (Å²) in [6.07, 6.45) is 0. The molecule has 3 N–H and O–H groups in total. The van der Waals surface area contributed by atoms with Gasteiger partial charge >= 0.3 is 0 Å². The summed E-state index contributed by atoms with van der Waals surface area (Å²) in [5.74, 6) is -0.143. The Bertz CT molecular complexity index is 534. The Hall–Kier alpha value is -0.0400. The molecule has 0 radical (unpaired) electrons. The topological polar surface area (TPSA) is 72.2 Å². The summed E-state index contributed by atoms with van der Waals surface area (Å²) < 4.78 is 21.6. The van der Waals surface area contributed by atoms with Crippen LogP contribution in [0, 0.1) is 0 Å². The van der Waals surface area contributed by atoms with Gasteiger partial charge in [-0.1, -0.05) is 40.9 Å². The number of benzene rings is 1. The van der Waals surface area contributed by atoms with Crippen LogP contribution in [0.1, 0.15) is 18.5 Å². The fraction of sp³-hybridized carbons (Fsp3) is 0.400. The number of nitrogens with one attached hydrogen (secondary N) is 1. The van der Waals surface area contributed by atoms with Gasteiger partial charge in [0, 0.05) is 12.6 Å². The van der Waals surface area contributed by atoms with Gasteiger partial charge < -0.3 is 5.32 Å². The Labute approximate surface area is 121 Å². The van der Waals surface area contributed by atoms with Crippen molar-refractivity contribution in [2.45, 2.75) is 13.0 Å². The highest BCUT2D eigenvalue weighted by Gasteiger charge is 2.14. The first kappa shape index (κ1) is 16.0. The van der Waals surface area contributed by atoms with Crippen LogP contribution in [0.15, 0.2) is 12.1 Å². The molecule has 0 aliphatic rings. The lowest BCUT2D eigenvalue weighted by atomic mass is 10.1. The molecule has 0 fully saturated rings. The van der Waals surface area contributed by atoms with Gasteiger partial charge in [0.1, 0.15) is 0 Å². The van der Waals surface area contributed by atoms with Crippen molar-refractivity contribution in [2.75, 3.05) is 12.3 Å². The van der Waals surface area contributed by atoms with E-state index in [0.29, 0.717) is 10.0 Å². The van der Waals surface area contributed by atoms with Crippen LogP contribution in [0.5, 0.6) is 0 Å². The molecule has 0 bridgehead atoms. The van der Waals surface area contributed by atoms with Crippen LogP contribution >= 0.6 is 34.8 Å². The molecule has 0 aromatic heterocycles. The van der Waals surface area contributed by atoms with Gasteiger partial charge in [0.05, 0.1) is 20.8 Å². The molecule has 18 heavy (non-hydrogen) atoms. The standard InChI is InChI=1S/C10H13Cl3N2O2S/c1-6(15-4-5-18(14,16)17)7-2-3-8(11)10(13)9(7)12/h2-3,6,15H,4-5H2,1H3,(H2,14,16,17). The molecule has 0 aliphatic carbocycles. The normalized spacial score (nSPS) is 13.6. The zero-order chi connectivity index (χ0) is 13.9. The lowest BCUT2D eigenvalue weighted by molar-refractivity contribution is 0.573. The minimum absolute atomic E-state index is 0.143. The van der Waals surface area contributed by atoms with Crippen LogP contribution in [-0.2, 0) is 10.0 Å². The molecule has 8 heteroatoms. The number of halogens is 3. The maximum absolute atomic E-state index is 10.8. The fourth-order valence-corrected chi connectivity index (χ4v) is 2.51. The molecule has 1 aromatic rings. The van der Waals surface area contributed by atoms with Crippen molar-refractivity contribution in [2.24, 2.45) is 5.14 Å². The molecule has 1 aromatic carbocycles. The molecule has 0 aliphatic heterocycles. The molecule has 0 spiro atoms. The molecule has 4 nitrogen and oxygen atoms in total. The van der Waals surface area contributed by atoms with E-state index in [1.54, 1.807) is 12.1 Å². The summed E-state index contributed by atoms with van der Waals surface area (Å²) in [6.45, 7) is 2.07. The number of sulfonamides is 1. The predicted octanol–water partition coefficient (Wildman–Crippen LogP) is 2.59. The molecular weight excluding hydrogens is 319 g/mol. The quantitative estimate of drug-likeness (QED) is 0.815. The van der Waals surface area contributed by atoms with Gasteiger partial charge in [-0.3, -0.25) is 0 Å². The SMILES string of the molecule is CC(NCCS(N)(=O)=O)c1ccc(Cl)c(Cl)c1Cl. The maximum Gasteiger partial charge on any atom is 0.210 e. The zero-order valence-electron chi connectivity index (χ0n) is 9.58. The molecular formula is C10H13Cl3N2O2S. The molecule has 0 saturated heterocycles. The van der Waals surface area contributed by atoms with Crippen molar-refractivity contribution in [1.82, 2.24) is 5.32 Å². The monoisotopic (exact) mass is 330 g/mol. The molecule has 0 amide bonds. The summed E-state index contributed by atoms with van der Waals surface area (Å²) in [5, 5.41) is 8.93. The molecule has 0 saturated carbocycles. The Morgan fingerprint density at radius 3 is 2.44 bits per heavy atom. The van der Waals surface area contributed by atoms with E-state index in [9.17, 15) is 8.42 Å². The lowest BCUT2D eigenvalue weighted by Gasteiger charge is -2.16. The maximum atomic E-state index is 10.8. The third-order valence-corrected chi connectivity index (χ3v) is 4.45. The predicted molar refractivity (Wildman–Crippen MR) is 75.9 cm³/mol. The number of hydrogen-bond donors (Lipinski definition) is 2. The number of nitrogens with two attached hydrogens (primary N) is 1. The Kier molecular flexibility index (Phi) is 5.70. The second kappa shape index (κ2) is 6.41. The summed E-state index contributed by atoms with van der Waals surface area (Å²) >= 11 is 17.8. The minimum atomic E-state index is -3.47. The summed E-state index contributed by atoms with van der Waals surface area (Å²) in [5.41, 5.74) is 0.750. The van der Waals surface area contributed by atoms with Gasteiger partial charge in [0.25, 0.3) is 0 Å². The molecule has 1 unspecified atom stereocenters. The van der Waals surface area contributed by atoms with Gasteiger partial charge in [-0.15, -0.1) is 0 Å². The first-order valence-corrected chi connectivity index (χ1v) is 7.94. The summed E-state index contributed by atoms with van der Waals surface area (Å²) in [7, 11) is -3.47. The van der Waals surface area contributed by atoms with Crippen molar-refractivity contribution in [1.29, 1.82) is 0 Å². The Balaban J connectivity index is 2.73. The number of rotatable bonds is 5. The van der Waals surface area contributed by atoms with Crippen LogP contribution in [0.4, 0.5) is 0 Å². The van der Waals surface area contributed by atoms with Crippen molar-refractivity contribution in [3.8, 4) is 0 Å². The van der Waals surface area contributed by atoms with Crippen LogP contribution in [-0.4, -0.2) is 20.7 Å². The van der Waals surface area contributed by atoms with Gasteiger partial charge in [0.2, 0.25) is 10.0 Å². The highest BCUT2D eigenvalue weighted by Crippen LogP contribution is 2.35. The van der Waals surface area contributed by atoms with Crippen molar-refractivity contribution >= 4 is 44.8 Å². The summed E-state index contributed by atoms with van der Waals surface area (Å²) in [4.78, 5) is 0. The van der Waals surface area contributed by atoms with Gasteiger partial charge in [-0.25, -0.2) is 13.6 Å². The van der Waals surface area contributed by atoms with Gasteiger partial charge in [-0.2, -0.15) is 0 Å².